The average molecular weight is 301 g/mol. The Kier molecular flexibility index (Phi) is 6.46. The Hall–Kier alpha value is -1.81. The third kappa shape index (κ3) is 5.19. The zero-order chi connectivity index (χ0) is 15.8. The van der Waals surface area contributed by atoms with Gasteiger partial charge in [0.15, 0.2) is 0 Å². The molecule has 2 N–H and O–H groups in total. The number of benzene rings is 1. The largest absolute Gasteiger partial charge is 0.497 e. The van der Waals surface area contributed by atoms with Crippen LogP contribution < -0.4 is 10.1 Å². The van der Waals surface area contributed by atoms with Crippen molar-refractivity contribution in [1.82, 2.24) is 15.5 Å². The lowest BCUT2D eigenvalue weighted by atomic mass is 10.1. The second kappa shape index (κ2) is 8.59. The van der Waals surface area contributed by atoms with E-state index in [-0.39, 0.29) is 0 Å². The van der Waals surface area contributed by atoms with E-state index in [4.69, 9.17) is 4.74 Å². The predicted octanol–water partition coefficient (Wildman–Crippen LogP) is 3.27. The molecule has 0 saturated heterocycles. The van der Waals surface area contributed by atoms with Gasteiger partial charge in [-0.2, -0.15) is 5.10 Å². The van der Waals surface area contributed by atoms with Gasteiger partial charge in [0.05, 0.1) is 13.3 Å². The summed E-state index contributed by atoms with van der Waals surface area (Å²) >= 11 is 0. The standard InChI is InChI=1S/C18H27N3O/c1-14(6-7-16-8-10-18(22-3)11-9-16)19-12-4-5-17-13-20-21-15(17)2/h8-11,13-14,19H,4-7,12H2,1-3H3,(H,20,21). The quantitative estimate of drug-likeness (QED) is 0.699. The molecule has 0 aliphatic carbocycles. The molecule has 1 heterocycles. The van der Waals surface area contributed by atoms with Crippen molar-refractivity contribution in [1.29, 1.82) is 0 Å². The van der Waals surface area contributed by atoms with E-state index in [9.17, 15) is 0 Å². The summed E-state index contributed by atoms with van der Waals surface area (Å²) in [6.45, 7) is 5.38. The lowest BCUT2D eigenvalue weighted by Crippen LogP contribution is -2.27. The van der Waals surface area contributed by atoms with Crippen molar-refractivity contribution in [2.75, 3.05) is 13.7 Å². The van der Waals surface area contributed by atoms with Gasteiger partial charge in [0.1, 0.15) is 5.75 Å². The van der Waals surface area contributed by atoms with E-state index >= 15 is 0 Å². The zero-order valence-corrected chi connectivity index (χ0v) is 13.9. The number of hydrogen-bond donors (Lipinski definition) is 2. The summed E-state index contributed by atoms with van der Waals surface area (Å²) < 4.78 is 5.18. The molecular formula is C18H27N3O. The minimum Gasteiger partial charge on any atom is -0.497 e. The molecule has 0 amide bonds. The lowest BCUT2D eigenvalue weighted by Gasteiger charge is -2.13. The third-order valence-corrected chi connectivity index (χ3v) is 4.08. The van der Waals surface area contributed by atoms with Gasteiger partial charge < -0.3 is 10.1 Å². The Morgan fingerprint density at radius 2 is 2.00 bits per heavy atom. The summed E-state index contributed by atoms with van der Waals surface area (Å²) in [4.78, 5) is 0. The highest BCUT2D eigenvalue weighted by atomic mass is 16.5. The fraction of sp³-hybridized carbons (Fsp3) is 0.500. The molecule has 2 aromatic rings. The molecule has 22 heavy (non-hydrogen) atoms. The Balaban J connectivity index is 1.61. The topological polar surface area (TPSA) is 49.9 Å². The number of aromatic nitrogens is 2. The molecule has 1 unspecified atom stereocenters. The first kappa shape index (κ1) is 16.6. The van der Waals surface area contributed by atoms with Crippen LogP contribution in [0.5, 0.6) is 5.75 Å². The van der Waals surface area contributed by atoms with E-state index in [1.807, 2.05) is 18.3 Å². The molecule has 4 heteroatoms. The van der Waals surface area contributed by atoms with E-state index in [0.29, 0.717) is 6.04 Å². The molecule has 0 saturated carbocycles. The van der Waals surface area contributed by atoms with Gasteiger partial charge in [0, 0.05) is 11.7 Å². The van der Waals surface area contributed by atoms with Crippen LogP contribution in [0.1, 0.15) is 36.6 Å². The summed E-state index contributed by atoms with van der Waals surface area (Å²) in [5, 5.41) is 10.6. The Labute approximate surface area is 133 Å². The molecule has 0 spiro atoms. The fourth-order valence-electron chi connectivity index (χ4n) is 2.53. The van der Waals surface area contributed by atoms with Crippen LogP contribution in [0.2, 0.25) is 0 Å². The highest BCUT2D eigenvalue weighted by Crippen LogP contribution is 2.13. The van der Waals surface area contributed by atoms with Crippen molar-refractivity contribution in [2.45, 2.75) is 45.6 Å². The van der Waals surface area contributed by atoms with Gasteiger partial charge in [0.25, 0.3) is 0 Å². The number of H-pyrrole nitrogens is 1. The predicted molar refractivity (Wildman–Crippen MR) is 90.4 cm³/mol. The molecule has 2 rings (SSSR count). The molecule has 0 radical (unpaired) electrons. The number of nitrogens with one attached hydrogen (secondary N) is 2. The molecule has 0 aliphatic heterocycles. The van der Waals surface area contributed by atoms with Gasteiger partial charge in [-0.3, -0.25) is 5.10 Å². The van der Waals surface area contributed by atoms with E-state index < -0.39 is 0 Å². The first-order valence-corrected chi connectivity index (χ1v) is 8.04. The Morgan fingerprint density at radius 3 is 2.64 bits per heavy atom. The van der Waals surface area contributed by atoms with E-state index in [0.717, 1.165) is 38.0 Å². The number of nitrogens with zero attached hydrogens (tertiary/aromatic N) is 1. The number of aromatic amines is 1. The molecule has 1 atom stereocenters. The summed E-state index contributed by atoms with van der Waals surface area (Å²) in [6, 6.07) is 8.88. The summed E-state index contributed by atoms with van der Waals surface area (Å²) in [5.74, 6) is 0.921. The molecule has 0 aliphatic rings. The summed E-state index contributed by atoms with van der Waals surface area (Å²) in [6.07, 6.45) is 6.41. The van der Waals surface area contributed by atoms with Crippen LogP contribution in [-0.4, -0.2) is 29.9 Å². The van der Waals surface area contributed by atoms with Crippen LogP contribution in [0.15, 0.2) is 30.5 Å². The first-order chi connectivity index (χ1) is 10.7. The third-order valence-electron chi connectivity index (χ3n) is 4.08. The van der Waals surface area contributed by atoms with Crippen molar-refractivity contribution in [3.63, 3.8) is 0 Å². The molecule has 0 fully saturated rings. The van der Waals surface area contributed by atoms with Crippen LogP contribution in [-0.2, 0) is 12.8 Å². The second-order valence-electron chi connectivity index (χ2n) is 5.87. The van der Waals surface area contributed by atoms with Crippen LogP contribution >= 0.6 is 0 Å². The SMILES string of the molecule is COc1ccc(CCC(C)NCCCc2cn[nH]c2C)cc1. The van der Waals surface area contributed by atoms with Gasteiger partial charge in [-0.05, 0) is 69.3 Å². The molecule has 120 valence electrons. The monoisotopic (exact) mass is 301 g/mol. The first-order valence-electron chi connectivity index (χ1n) is 8.04. The van der Waals surface area contributed by atoms with Crippen molar-refractivity contribution < 1.29 is 4.74 Å². The van der Waals surface area contributed by atoms with Crippen molar-refractivity contribution in [2.24, 2.45) is 0 Å². The van der Waals surface area contributed by atoms with Crippen LogP contribution in [0.4, 0.5) is 0 Å². The van der Waals surface area contributed by atoms with Crippen LogP contribution in [0.3, 0.4) is 0 Å². The van der Waals surface area contributed by atoms with Crippen molar-refractivity contribution >= 4 is 0 Å². The molecule has 4 nitrogen and oxygen atoms in total. The van der Waals surface area contributed by atoms with Gasteiger partial charge in [0.2, 0.25) is 0 Å². The number of rotatable bonds is 9. The van der Waals surface area contributed by atoms with Gasteiger partial charge in [-0.1, -0.05) is 12.1 Å². The molecule has 1 aromatic heterocycles. The lowest BCUT2D eigenvalue weighted by molar-refractivity contribution is 0.414. The number of hydrogen-bond acceptors (Lipinski definition) is 3. The fourth-order valence-corrected chi connectivity index (χ4v) is 2.53. The Bertz CT molecular complexity index is 548. The maximum Gasteiger partial charge on any atom is 0.118 e. The minimum atomic E-state index is 0.535. The van der Waals surface area contributed by atoms with Crippen LogP contribution in [0.25, 0.3) is 0 Å². The number of methoxy groups -OCH3 is 1. The highest BCUT2D eigenvalue weighted by Gasteiger charge is 2.04. The van der Waals surface area contributed by atoms with Gasteiger partial charge in [-0.15, -0.1) is 0 Å². The van der Waals surface area contributed by atoms with Gasteiger partial charge in [-0.25, -0.2) is 0 Å². The Morgan fingerprint density at radius 1 is 1.23 bits per heavy atom. The zero-order valence-electron chi connectivity index (χ0n) is 13.9. The molecule has 0 bridgehead atoms. The number of aryl methyl sites for hydroxylation is 3. The molecule has 1 aromatic carbocycles. The summed E-state index contributed by atoms with van der Waals surface area (Å²) in [7, 11) is 1.70. The van der Waals surface area contributed by atoms with E-state index in [1.54, 1.807) is 7.11 Å². The molecular weight excluding hydrogens is 274 g/mol. The van der Waals surface area contributed by atoms with E-state index in [2.05, 4.69) is 41.5 Å². The normalized spacial score (nSPS) is 12.3. The highest BCUT2D eigenvalue weighted by molar-refractivity contribution is 5.27. The van der Waals surface area contributed by atoms with E-state index in [1.165, 1.54) is 16.8 Å². The second-order valence-corrected chi connectivity index (χ2v) is 5.87. The maximum absolute atomic E-state index is 5.18. The van der Waals surface area contributed by atoms with Crippen LogP contribution in [0, 0.1) is 6.92 Å². The number of ether oxygens (including phenoxy) is 1. The maximum atomic E-state index is 5.18. The van der Waals surface area contributed by atoms with Gasteiger partial charge >= 0.3 is 0 Å². The van der Waals surface area contributed by atoms with Crippen molar-refractivity contribution in [3.8, 4) is 5.75 Å². The smallest absolute Gasteiger partial charge is 0.118 e. The summed E-state index contributed by atoms with van der Waals surface area (Å²) in [5.41, 5.74) is 3.88. The average Bonchev–Trinajstić information content (AvgIpc) is 2.95. The minimum absolute atomic E-state index is 0.535. The van der Waals surface area contributed by atoms with Crippen molar-refractivity contribution in [3.05, 3.63) is 47.3 Å².